The summed E-state index contributed by atoms with van der Waals surface area (Å²) in [5, 5.41) is 12.1. The lowest BCUT2D eigenvalue weighted by molar-refractivity contribution is 0.122. The average molecular weight is 355 g/mol. The average Bonchev–Trinajstić information content (AvgIpc) is 2.70. The second kappa shape index (κ2) is 7.82. The normalized spacial score (nSPS) is 20.9. The summed E-state index contributed by atoms with van der Waals surface area (Å²) in [5.41, 5.74) is 0.942. The van der Waals surface area contributed by atoms with Gasteiger partial charge in [0.15, 0.2) is 5.82 Å². The Morgan fingerprint density at radius 3 is 2.77 bits per heavy atom. The van der Waals surface area contributed by atoms with Crippen molar-refractivity contribution >= 4 is 17.6 Å². The maximum atomic E-state index is 5.40. The Balaban J connectivity index is 1.41. The molecule has 0 aliphatic carbocycles. The summed E-state index contributed by atoms with van der Waals surface area (Å²) >= 11 is 0. The fourth-order valence-corrected chi connectivity index (χ4v) is 3.42. The molecular weight excluding hydrogens is 330 g/mol. The van der Waals surface area contributed by atoms with Crippen LogP contribution in [0.25, 0.3) is 0 Å². The second-order valence-corrected chi connectivity index (χ2v) is 6.80. The fraction of sp³-hybridized carbons (Fsp3) is 0.556. The standard InChI is InChI=1S/C18H25N7O/c1-14-4-5-17(23-22-14)25-8-2-3-15(13-25)20-16-6-7-19-18(21-16)24-9-11-26-12-10-24/h4-7,15H,2-3,8-13H2,1H3,(H,19,20,21). The van der Waals surface area contributed by atoms with E-state index in [4.69, 9.17) is 9.72 Å². The third-order valence-corrected chi connectivity index (χ3v) is 4.82. The fourth-order valence-electron chi connectivity index (χ4n) is 3.42. The number of rotatable bonds is 4. The summed E-state index contributed by atoms with van der Waals surface area (Å²) in [6.07, 6.45) is 4.06. The number of anilines is 3. The van der Waals surface area contributed by atoms with Crippen LogP contribution in [0.15, 0.2) is 24.4 Å². The molecule has 4 rings (SSSR count). The smallest absolute Gasteiger partial charge is 0.227 e. The van der Waals surface area contributed by atoms with Gasteiger partial charge in [0.2, 0.25) is 5.95 Å². The van der Waals surface area contributed by atoms with E-state index in [1.54, 1.807) is 0 Å². The van der Waals surface area contributed by atoms with Crippen molar-refractivity contribution in [3.63, 3.8) is 0 Å². The first-order valence-electron chi connectivity index (χ1n) is 9.25. The third-order valence-electron chi connectivity index (χ3n) is 4.82. The molecule has 138 valence electrons. The van der Waals surface area contributed by atoms with Gasteiger partial charge in [0.1, 0.15) is 5.82 Å². The molecular formula is C18H25N7O. The minimum Gasteiger partial charge on any atom is -0.378 e. The molecule has 1 N–H and O–H groups in total. The Morgan fingerprint density at radius 1 is 1.08 bits per heavy atom. The number of nitrogens with zero attached hydrogens (tertiary/aromatic N) is 6. The first-order valence-corrected chi connectivity index (χ1v) is 9.25. The van der Waals surface area contributed by atoms with Crippen LogP contribution < -0.4 is 15.1 Å². The van der Waals surface area contributed by atoms with Gasteiger partial charge in [0, 0.05) is 38.4 Å². The largest absolute Gasteiger partial charge is 0.378 e. The van der Waals surface area contributed by atoms with E-state index in [0.29, 0.717) is 6.04 Å². The molecule has 1 atom stereocenters. The number of morpholine rings is 1. The topological polar surface area (TPSA) is 79.3 Å². The van der Waals surface area contributed by atoms with Gasteiger partial charge in [-0.2, -0.15) is 10.1 Å². The van der Waals surface area contributed by atoms with Crippen molar-refractivity contribution in [3.05, 3.63) is 30.1 Å². The van der Waals surface area contributed by atoms with Crippen molar-refractivity contribution in [3.8, 4) is 0 Å². The highest BCUT2D eigenvalue weighted by Gasteiger charge is 2.22. The SMILES string of the molecule is Cc1ccc(N2CCCC(Nc3ccnc(N4CCOCC4)n3)C2)nn1. The number of aromatic nitrogens is 4. The van der Waals surface area contributed by atoms with Crippen LogP contribution >= 0.6 is 0 Å². The van der Waals surface area contributed by atoms with Crippen LogP contribution in [0.2, 0.25) is 0 Å². The number of piperidine rings is 1. The molecule has 1 unspecified atom stereocenters. The van der Waals surface area contributed by atoms with Gasteiger partial charge >= 0.3 is 0 Å². The second-order valence-electron chi connectivity index (χ2n) is 6.80. The summed E-state index contributed by atoms with van der Waals surface area (Å²) in [5.74, 6) is 2.59. The van der Waals surface area contributed by atoms with Crippen molar-refractivity contribution in [1.82, 2.24) is 20.2 Å². The van der Waals surface area contributed by atoms with Crippen LogP contribution in [-0.4, -0.2) is 65.6 Å². The molecule has 2 aromatic rings. The molecule has 0 spiro atoms. The Labute approximate surface area is 153 Å². The number of hydrogen-bond acceptors (Lipinski definition) is 8. The van der Waals surface area contributed by atoms with Crippen LogP contribution in [0.3, 0.4) is 0 Å². The molecule has 0 aromatic carbocycles. The number of nitrogens with one attached hydrogen (secondary N) is 1. The number of ether oxygens (including phenoxy) is 1. The van der Waals surface area contributed by atoms with E-state index in [2.05, 4.69) is 30.3 Å². The maximum Gasteiger partial charge on any atom is 0.227 e. The van der Waals surface area contributed by atoms with Crippen molar-refractivity contribution in [1.29, 1.82) is 0 Å². The molecule has 8 nitrogen and oxygen atoms in total. The first kappa shape index (κ1) is 17.0. The summed E-state index contributed by atoms with van der Waals surface area (Å²) in [7, 11) is 0. The number of aryl methyl sites for hydroxylation is 1. The zero-order chi connectivity index (χ0) is 17.8. The lowest BCUT2D eigenvalue weighted by Gasteiger charge is -2.34. The number of hydrogen-bond donors (Lipinski definition) is 1. The predicted molar refractivity (Wildman–Crippen MR) is 101 cm³/mol. The molecule has 0 radical (unpaired) electrons. The van der Waals surface area contributed by atoms with E-state index in [0.717, 1.165) is 75.5 Å². The van der Waals surface area contributed by atoms with Crippen LogP contribution in [0.1, 0.15) is 18.5 Å². The predicted octanol–water partition coefficient (Wildman–Crippen LogP) is 1.49. The molecule has 2 aliphatic heterocycles. The highest BCUT2D eigenvalue weighted by molar-refractivity contribution is 5.44. The Kier molecular flexibility index (Phi) is 5.10. The Morgan fingerprint density at radius 2 is 1.96 bits per heavy atom. The quantitative estimate of drug-likeness (QED) is 0.884. The van der Waals surface area contributed by atoms with Gasteiger partial charge in [-0.25, -0.2) is 4.98 Å². The molecule has 26 heavy (non-hydrogen) atoms. The van der Waals surface area contributed by atoms with Crippen molar-refractivity contribution in [2.45, 2.75) is 25.8 Å². The van der Waals surface area contributed by atoms with Gasteiger partial charge < -0.3 is 19.9 Å². The zero-order valence-corrected chi connectivity index (χ0v) is 15.1. The minimum atomic E-state index is 0.333. The molecule has 0 saturated carbocycles. The molecule has 4 heterocycles. The lowest BCUT2D eigenvalue weighted by atomic mass is 10.1. The summed E-state index contributed by atoms with van der Waals surface area (Å²) in [4.78, 5) is 13.6. The van der Waals surface area contributed by atoms with Crippen LogP contribution in [0.4, 0.5) is 17.6 Å². The molecule has 8 heteroatoms. The summed E-state index contributed by atoms with van der Waals surface area (Å²) in [6, 6.07) is 6.33. The van der Waals surface area contributed by atoms with Crippen LogP contribution in [-0.2, 0) is 4.74 Å². The van der Waals surface area contributed by atoms with Gasteiger partial charge in [-0.15, -0.1) is 5.10 Å². The van der Waals surface area contributed by atoms with Crippen molar-refractivity contribution in [2.24, 2.45) is 0 Å². The maximum absolute atomic E-state index is 5.40. The van der Waals surface area contributed by atoms with E-state index >= 15 is 0 Å². The lowest BCUT2D eigenvalue weighted by Crippen LogP contribution is -2.43. The van der Waals surface area contributed by atoms with Crippen molar-refractivity contribution in [2.75, 3.05) is 54.5 Å². The molecule has 2 saturated heterocycles. The van der Waals surface area contributed by atoms with Gasteiger partial charge in [-0.1, -0.05) is 0 Å². The Hall–Kier alpha value is -2.48. The van der Waals surface area contributed by atoms with Gasteiger partial charge in [0.05, 0.1) is 18.9 Å². The van der Waals surface area contributed by atoms with Gasteiger partial charge in [0.25, 0.3) is 0 Å². The third kappa shape index (κ3) is 4.01. The summed E-state index contributed by atoms with van der Waals surface area (Å²) < 4.78 is 5.40. The molecule has 0 amide bonds. The van der Waals surface area contributed by atoms with E-state index in [9.17, 15) is 0 Å². The van der Waals surface area contributed by atoms with Gasteiger partial charge in [-0.05, 0) is 38.0 Å². The Bertz CT molecular complexity index is 718. The minimum absolute atomic E-state index is 0.333. The zero-order valence-electron chi connectivity index (χ0n) is 15.1. The van der Waals surface area contributed by atoms with E-state index < -0.39 is 0 Å². The molecule has 2 fully saturated rings. The van der Waals surface area contributed by atoms with E-state index in [-0.39, 0.29) is 0 Å². The molecule has 2 aliphatic rings. The highest BCUT2D eigenvalue weighted by Crippen LogP contribution is 2.20. The highest BCUT2D eigenvalue weighted by atomic mass is 16.5. The molecule has 0 bridgehead atoms. The monoisotopic (exact) mass is 355 g/mol. The van der Waals surface area contributed by atoms with Gasteiger partial charge in [-0.3, -0.25) is 0 Å². The summed E-state index contributed by atoms with van der Waals surface area (Å²) in [6.45, 7) is 7.01. The van der Waals surface area contributed by atoms with Crippen LogP contribution in [0, 0.1) is 6.92 Å². The van der Waals surface area contributed by atoms with E-state index in [1.807, 2.05) is 31.3 Å². The van der Waals surface area contributed by atoms with Crippen molar-refractivity contribution < 1.29 is 4.74 Å². The van der Waals surface area contributed by atoms with E-state index in [1.165, 1.54) is 0 Å². The molecule has 2 aromatic heterocycles. The first-order chi connectivity index (χ1) is 12.8. The van der Waals surface area contributed by atoms with Crippen LogP contribution in [0.5, 0.6) is 0 Å².